The van der Waals surface area contributed by atoms with Gasteiger partial charge in [0.1, 0.15) is 0 Å². The molecule has 0 radical (unpaired) electrons. The van der Waals surface area contributed by atoms with Gasteiger partial charge in [-0.1, -0.05) is 35.5 Å². The predicted molar refractivity (Wildman–Crippen MR) is 105 cm³/mol. The molecule has 25 heavy (non-hydrogen) atoms. The Kier molecular flexibility index (Phi) is 5.83. The number of hydrogen-bond acceptors (Lipinski definition) is 4. The molecular formula is C18H18ClN3OS2. The third-order valence-electron chi connectivity index (χ3n) is 3.66. The molecule has 0 saturated carbocycles. The van der Waals surface area contributed by atoms with Crippen LogP contribution in [0.3, 0.4) is 0 Å². The molecule has 1 amide bonds. The van der Waals surface area contributed by atoms with E-state index in [0.717, 1.165) is 20.1 Å². The van der Waals surface area contributed by atoms with Crippen molar-refractivity contribution in [2.24, 2.45) is 0 Å². The quantitative estimate of drug-likeness (QED) is 0.574. The zero-order chi connectivity index (χ0) is 17.8. The van der Waals surface area contributed by atoms with Crippen molar-refractivity contribution in [1.82, 2.24) is 14.5 Å². The van der Waals surface area contributed by atoms with Crippen molar-refractivity contribution < 1.29 is 4.79 Å². The Morgan fingerprint density at radius 2 is 2.20 bits per heavy atom. The SMILES string of the molecule is Cc1cccc(-n2ccnc2SCC(=O)N(C)Cc2ccc(Cl)s2)c1. The summed E-state index contributed by atoms with van der Waals surface area (Å²) in [7, 11) is 1.81. The van der Waals surface area contributed by atoms with E-state index in [1.165, 1.54) is 28.7 Å². The zero-order valence-corrected chi connectivity index (χ0v) is 16.4. The molecule has 0 saturated heterocycles. The largest absolute Gasteiger partial charge is 0.340 e. The lowest BCUT2D eigenvalue weighted by atomic mass is 10.2. The first-order valence-electron chi connectivity index (χ1n) is 7.74. The van der Waals surface area contributed by atoms with Crippen molar-refractivity contribution in [1.29, 1.82) is 0 Å². The van der Waals surface area contributed by atoms with Crippen molar-refractivity contribution >= 4 is 40.6 Å². The first-order chi connectivity index (χ1) is 12.0. The van der Waals surface area contributed by atoms with Crippen LogP contribution in [-0.2, 0) is 11.3 Å². The standard InChI is InChI=1S/C18H18ClN3OS2/c1-13-4-3-5-14(10-13)22-9-8-20-18(22)24-12-17(23)21(2)11-15-6-7-16(19)25-15/h3-10H,11-12H2,1-2H3. The number of benzene rings is 1. The second-order valence-electron chi connectivity index (χ2n) is 5.66. The van der Waals surface area contributed by atoms with Gasteiger partial charge in [-0.15, -0.1) is 11.3 Å². The molecule has 0 aliphatic rings. The Hall–Kier alpha value is -1.76. The summed E-state index contributed by atoms with van der Waals surface area (Å²) < 4.78 is 2.75. The molecule has 3 aromatic rings. The molecule has 0 bridgehead atoms. The summed E-state index contributed by atoms with van der Waals surface area (Å²) in [6.45, 7) is 2.63. The minimum absolute atomic E-state index is 0.0633. The van der Waals surface area contributed by atoms with Crippen LogP contribution in [0, 0.1) is 6.92 Å². The molecular weight excluding hydrogens is 374 g/mol. The molecule has 0 fully saturated rings. The van der Waals surface area contributed by atoms with Gasteiger partial charge in [-0.3, -0.25) is 9.36 Å². The lowest BCUT2D eigenvalue weighted by molar-refractivity contribution is -0.127. The Bertz CT molecular complexity index is 875. The fourth-order valence-corrected chi connectivity index (χ4v) is 4.42. The van der Waals surface area contributed by atoms with Gasteiger partial charge in [-0.2, -0.15) is 0 Å². The molecule has 3 rings (SSSR count). The molecule has 0 aliphatic carbocycles. The molecule has 1 aromatic carbocycles. The van der Waals surface area contributed by atoms with Crippen LogP contribution >= 0.6 is 34.7 Å². The summed E-state index contributed by atoms with van der Waals surface area (Å²) in [5.41, 5.74) is 2.24. The van der Waals surface area contributed by atoms with Gasteiger partial charge >= 0.3 is 0 Å². The van der Waals surface area contributed by atoms with Gasteiger partial charge in [0.25, 0.3) is 0 Å². The van der Waals surface area contributed by atoms with Crippen LogP contribution in [0.5, 0.6) is 0 Å². The number of thiophene rings is 1. The third kappa shape index (κ3) is 4.66. The van der Waals surface area contributed by atoms with E-state index in [4.69, 9.17) is 11.6 Å². The molecule has 4 nitrogen and oxygen atoms in total. The van der Waals surface area contributed by atoms with E-state index in [1.54, 1.807) is 11.1 Å². The highest BCUT2D eigenvalue weighted by Crippen LogP contribution is 2.24. The third-order valence-corrected chi connectivity index (χ3v) is 5.83. The van der Waals surface area contributed by atoms with E-state index in [9.17, 15) is 4.79 Å². The van der Waals surface area contributed by atoms with E-state index < -0.39 is 0 Å². The minimum Gasteiger partial charge on any atom is -0.340 e. The van der Waals surface area contributed by atoms with Crippen molar-refractivity contribution in [3.8, 4) is 5.69 Å². The summed E-state index contributed by atoms with van der Waals surface area (Å²) in [6, 6.07) is 12.0. The molecule has 0 aliphatic heterocycles. The van der Waals surface area contributed by atoms with Gasteiger partial charge in [0, 0.05) is 30.0 Å². The van der Waals surface area contributed by atoms with Gasteiger partial charge < -0.3 is 4.90 Å². The number of halogens is 1. The first-order valence-corrected chi connectivity index (χ1v) is 9.92. The van der Waals surface area contributed by atoms with Crippen LogP contribution in [-0.4, -0.2) is 33.2 Å². The van der Waals surface area contributed by atoms with E-state index >= 15 is 0 Å². The van der Waals surface area contributed by atoms with Crippen molar-refractivity contribution in [2.45, 2.75) is 18.6 Å². The maximum atomic E-state index is 12.4. The molecule has 0 unspecified atom stereocenters. The minimum atomic E-state index is 0.0633. The van der Waals surface area contributed by atoms with Crippen molar-refractivity contribution in [3.05, 3.63) is 63.6 Å². The molecule has 2 heterocycles. The van der Waals surface area contributed by atoms with E-state index in [1.807, 2.05) is 42.1 Å². The number of carbonyl (C=O) groups is 1. The maximum Gasteiger partial charge on any atom is 0.233 e. The number of hydrogen-bond donors (Lipinski definition) is 0. The highest BCUT2D eigenvalue weighted by molar-refractivity contribution is 7.99. The van der Waals surface area contributed by atoms with Crippen LogP contribution in [0.1, 0.15) is 10.4 Å². The molecule has 0 N–H and O–H groups in total. The highest BCUT2D eigenvalue weighted by Gasteiger charge is 2.13. The Balaban J connectivity index is 1.62. The number of rotatable bonds is 6. The van der Waals surface area contributed by atoms with Crippen LogP contribution in [0.4, 0.5) is 0 Å². The smallest absolute Gasteiger partial charge is 0.233 e. The monoisotopic (exact) mass is 391 g/mol. The van der Waals surface area contributed by atoms with Gasteiger partial charge in [0.05, 0.1) is 16.6 Å². The van der Waals surface area contributed by atoms with Crippen LogP contribution < -0.4 is 0 Å². The van der Waals surface area contributed by atoms with E-state index in [-0.39, 0.29) is 5.91 Å². The van der Waals surface area contributed by atoms with Crippen LogP contribution in [0.25, 0.3) is 5.69 Å². The van der Waals surface area contributed by atoms with Gasteiger partial charge in [-0.25, -0.2) is 4.98 Å². The summed E-state index contributed by atoms with van der Waals surface area (Å²) in [4.78, 5) is 19.6. The Morgan fingerprint density at radius 3 is 2.92 bits per heavy atom. The van der Waals surface area contributed by atoms with Gasteiger partial charge in [-0.05, 0) is 36.8 Å². The molecule has 0 spiro atoms. The highest BCUT2D eigenvalue weighted by atomic mass is 35.5. The fourth-order valence-electron chi connectivity index (χ4n) is 2.37. The van der Waals surface area contributed by atoms with Crippen LogP contribution in [0.15, 0.2) is 53.9 Å². The summed E-state index contributed by atoms with van der Waals surface area (Å²) in [6.07, 6.45) is 3.67. The average Bonchev–Trinajstić information content (AvgIpc) is 3.21. The number of aryl methyl sites for hydroxylation is 1. The van der Waals surface area contributed by atoms with Gasteiger partial charge in [0.2, 0.25) is 5.91 Å². The molecule has 7 heteroatoms. The van der Waals surface area contributed by atoms with Crippen molar-refractivity contribution in [2.75, 3.05) is 12.8 Å². The predicted octanol–water partition coefficient (Wildman–Crippen LogP) is 4.65. The van der Waals surface area contributed by atoms with Crippen molar-refractivity contribution in [3.63, 3.8) is 0 Å². The number of thioether (sulfide) groups is 1. The normalized spacial score (nSPS) is 10.8. The fraction of sp³-hybridized carbons (Fsp3) is 0.222. The summed E-state index contributed by atoms with van der Waals surface area (Å²) in [5, 5.41) is 0.812. The number of aromatic nitrogens is 2. The molecule has 0 atom stereocenters. The first kappa shape index (κ1) is 18.0. The number of imidazole rings is 1. The van der Waals surface area contributed by atoms with E-state index in [0.29, 0.717) is 12.3 Å². The second kappa shape index (κ2) is 8.08. The summed E-state index contributed by atoms with van der Waals surface area (Å²) >= 11 is 8.88. The average molecular weight is 392 g/mol. The number of nitrogens with zero attached hydrogens (tertiary/aromatic N) is 3. The van der Waals surface area contributed by atoms with Gasteiger partial charge in [0.15, 0.2) is 5.16 Å². The Morgan fingerprint density at radius 1 is 1.36 bits per heavy atom. The second-order valence-corrected chi connectivity index (χ2v) is 8.41. The summed E-state index contributed by atoms with van der Waals surface area (Å²) in [5.74, 6) is 0.409. The topological polar surface area (TPSA) is 38.1 Å². The van der Waals surface area contributed by atoms with Crippen LogP contribution in [0.2, 0.25) is 4.34 Å². The number of carbonyl (C=O) groups excluding carboxylic acids is 1. The number of amides is 1. The molecule has 130 valence electrons. The molecule has 2 aromatic heterocycles. The Labute approximate surface area is 160 Å². The zero-order valence-electron chi connectivity index (χ0n) is 14.0. The lowest BCUT2D eigenvalue weighted by Gasteiger charge is -2.16. The lowest BCUT2D eigenvalue weighted by Crippen LogP contribution is -2.27. The maximum absolute atomic E-state index is 12.4. The van der Waals surface area contributed by atoms with E-state index in [2.05, 4.69) is 24.0 Å².